The fraction of sp³-hybridized carbons (Fsp3) is 0.500. The molecule has 6 aromatic heterocycles. The van der Waals surface area contributed by atoms with E-state index in [1.807, 2.05) is 45.3 Å². The highest BCUT2D eigenvalue weighted by Crippen LogP contribution is 2.53. The van der Waals surface area contributed by atoms with Gasteiger partial charge in [-0.2, -0.15) is 0 Å². The van der Waals surface area contributed by atoms with Crippen molar-refractivity contribution >= 4 is 85.3 Å². The van der Waals surface area contributed by atoms with Crippen LogP contribution in [0.3, 0.4) is 0 Å². The molecule has 6 aromatic rings. The number of aryl methyl sites for hydroxylation is 2. The molecular formula is C58H74N2O2S6. The van der Waals surface area contributed by atoms with Crippen molar-refractivity contribution in [2.24, 2.45) is 11.8 Å². The Kier molecular flexibility index (Phi) is 18.7. The Balaban J connectivity index is 1.15. The summed E-state index contributed by atoms with van der Waals surface area (Å²) in [5.74, 6) is 0.847. The second-order valence-corrected chi connectivity index (χ2v) is 25.7. The molecule has 3 unspecified atom stereocenters. The summed E-state index contributed by atoms with van der Waals surface area (Å²) in [6, 6.07) is 27.3. The van der Waals surface area contributed by atoms with Crippen LogP contribution in [-0.4, -0.2) is 40.1 Å². The van der Waals surface area contributed by atoms with Gasteiger partial charge in [0.1, 0.15) is 0 Å². The fourth-order valence-electron chi connectivity index (χ4n) is 9.93. The summed E-state index contributed by atoms with van der Waals surface area (Å²) < 4.78 is 0. The minimum absolute atomic E-state index is 0.0520. The second-order valence-electron chi connectivity index (χ2n) is 19.1. The van der Waals surface area contributed by atoms with Crippen LogP contribution in [0.1, 0.15) is 164 Å². The smallest absolute Gasteiger partial charge is 0.261 e. The van der Waals surface area contributed by atoms with E-state index in [0.717, 1.165) is 84.6 Å². The van der Waals surface area contributed by atoms with Crippen molar-refractivity contribution in [3.8, 4) is 39.0 Å². The van der Waals surface area contributed by atoms with E-state index >= 15 is 4.79 Å². The van der Waals surface area contributed by atoms with Gasteiger partial charge in [-0.3, -0.25) is 4.79 Å². The van der Waals surface area contributed by atoms with Gasteiger partial charge in [-0.25, -0.2) is 0 Å². The summed E-state index contributed by atoms with van der Waals surface area (Å²) in [6.45, 7) is 15.0. The molecule has 0 saturated heterocycles. The third kappa shape index (κ3) is 11.8. The van der Waals surface area contributed by atoms with E-state index in [4.69, 9.17) is 0 Å². The van der Waals surface area contributed by atoms with Gasteiger partial charge in [-0.1, -0.05) is 119 Å². The predicted octanol–water partition coefficient (Wildman–Crippen LogP) is 19.0. The lowest BCUT2D eigenvalue weighted by molar-refractivity contribution is -0.123. The number of thiophene rings is 6. The van der Waals surface area contributed by atoms with Gasteiger partial charge in [0.25, 0.3) is 5.91 Å². The first-order valence-electron chi connectivity index (χ1n) is 26.1. The lowest BCUT2D eigenvalue weighted by Crippen LogP contribution is -2.36. The molecule has 1 N–H and O–H groups in total. The SMILES string of the molecule is CCCCCCc1ccc(-c2ccc(-c3ccc(C4=C5C(=C(c6ccc(-c7ccc(-c8ccc(CCCCCC)s8)s7)s6)N(CC(CC)CCCC)C5O)C(=O)N4CC(CC)CCCC)s3)s2)s1. The molecule has 0 spiro atoms. The molecule has 0 aromatic carbocycles. The first-order chi connectivity index (χ1) is 33.3. The molecule has 8 heterocycles. The predicted molar refractivity (Wildman–Crippen MR) is 302 cm³/mol. The zero-order chi connectivity index (χ0) is 47.6. The lowest BCUT2D eigenvalue weighted by Gasteiger charge is -2.32. The molecule has 3 atom stereocenters. The highest BCUT2D eigenvalue weighted by Gasteiger charge is 2.49. The molecule has 0 aliphatic carbocycles. The van der Waals surface area contributed by atoms with Gasteiger partial charge in [0, 0.05) is 67.4 Å². The number of fused-ring (bicyclic) bond motifs is 1. The Labute approximate surface area is 432 Å². The van der Waals surface area contributed by atoms with Crippen molar-refractivity contribution < 1.29 is 9.90 Å². The average Bonchev–Trinajstić information content (AvgIpc) is 4.20. The molecule has 4 nitrogen and oxygen atoms in total. The van der Waals surface area contributed by atoms with E-state index in [0.29, 0.717) is 24.0 Å². The highest BCUT2D eigenvalue weighted by molar-refractivity contribution is 7.27. The number of rotatable bonds is 28. The molecule has 1 amide bonds. The zero-order valence-corrected chi connectivity index (χ0v) is 46.4. The standard InChI is InChI=1S/C58H74N2O2S6/c1-7-13-17-19-23-41-25-27-43(63-41)45-29-31-47(65-45)49-33-35-51(67-49)55-53-54(58(62)59(55)37-39(11-5)21-15-9-3)56(60(57(53)61)38-40(12-6)22-16-10-4)52-36-34-50(68-52)48-32-30-46(66-48)44-28-26-42(64-44)24-20-18-14-8-2/h25-36,39-40,57,61H,7-24,37-38H2,1-6H3. The Morgan fingerprint density at radius 3 is 1.28 bits per heavy atom. The summed E-state index contributed by atoms with van der Waals surface area (Å²) in [6.07, 6.45) is 20.6. The Hall–Kier alpha value is -3.09. The van der Waals surface area contributed by atoms with Gasteiger partial charge < -0.3 is 14.9 Å². The number of amides is 1. The first-order valence-corrected chi connectivity index (χ1v) is 31.0. The van der Waals surface area contributed by atoms with Gasteiger partial charge >= 0.3 is 0 Å². The van der Waals surface area contributed by atoms with E-state index in [1.54, 1.807) is 22.7 Å². The van der Waals surface area contributed by atoms with Gasteiger partial charge in [0.2, 0.25) is 0 Å². The summed E-state index contributed by atoms with van der Waals surface area (Å²) in [5, 5.41) is 12.9. The van der Waals surface area contributed by atoms with Crippen LogP contribution in [0.25, 0.3) is 50.4 Å². The first kappa shape index (κ1) is 51.3. The molecule has 2 aliphatic rings. The Bertz CT molecular complexity index is 2610. The summed E-state index contributed by atoms with van der Waals surface area (Å²) in [4.78, 5) is 35.1. The van der Waals surface area contributed by atoms with E-state index in [-0.39, 0.29) is 5.91 Å². The van der Waals surface area contributed by atoms with Crippen molar-refractivity contribution in [2.45, 2.75) is 163 Å². The minimum Gasteiger partial charge on any atom is -0.369 e. The van der Waals surface area contributed by atoms with Gasteiger partial charge in [-0.05, 0) is 123 Å². The third-order valence-electron chi connectivity index (χ3n) is 14.1. The Morgan fingerprint density at radius 2 is 0.838 bits per heavy atom. The van der Waals surface area contributed by atoms with Gasteiger partial charge in [0.05, 0.1) is 26.7 Å². The molecule has 68 heavy (non-hydrogen) atoms. The average molecular weight is 1020 g/mol. The number of aliphatic hydroxyl groups excluding tert-OH is 1. The van der Waals surface area contributed by atoms with Crippen LogP contribution in [0.5, 0.6) is 0 Å². The fourth-order valence-corrected chi connectivity index (χ4v) is 16.5. The third-order valence-corrected chi connectivity index (χ3v) is 21.5. The lowest BCUT2D eigenvalue weighted by atomic mass is 9.98. The zero-order valence-electron chi connectivity index (χ0n) is 41.5. The van der Waals surface area contributed by atoms with E-state index in [2.05, 4.69) is 124 Å². The molecule has 8 rings (SSSR count). The monoisotopic (exact) mass is 1020 g/mol. The molecule has 364 valence electrons. The number of carbonyl (C=O) groups is 1. The normalized spacial score (nSPS) is 16.0. The molecule has 2 aliphatic heterocycles. The molecule has 0 saturated carbocycles. The number of carbonyl (C=O) groups excluding carboxylic acids is 1. The summed E-state index contributed by atoms with van der Waals surface area (Å²) >= 11 is 11.2. The van der Waals surface area contributed by atoms with Crippen LogP contribution in [0, 0.1) is 11.8 Å². The highest BCUT2D eigenvalue weighted by atomic mass is 32.1. The van der Waals surface area contributed by atoms with Crippen molar-refractivity contribution in [2.75, 3.05) is 13.1 Å². The Morgan fingerprint density at radius 1 is 0.456 bits per heavy atom. The molecule has 0 radical (unpaired) electrons. The topological polar surface area (TPSA) is 43.8 Å². The number of hydrogen-bond acceptors (Lipinski definition) is 9. The van der Waals surface area contributed by atoms with Crippen molar-refractivity contribution in [1.82, 2.24) is 9.80 Å². The summed E-state index contributed by atoms with van der Waals surface area (Å²) in [7, 11) is 0. The van der Waals surface area contributed by atoms with Crippen LogP contribution in [0.4, 0.5) is 0 Å². The van der Waals surface area contributed by atoms with Crippen LogP contribution in [0.2, 0.25) is 0 Å². The molecule has 0 fully saturated rings. The van der Waals surface area contributed by atoms with Crippen molar-refractivity contribution in [1.29, 1.82) is 0 Å². The second kappa shape index (κ2) is 24.8. The quantitative estimate of drug-likeness (QED) is 0.0498. The summed E-state index contributed by atoms with van der Waals surface area (Å²) in [5.41, 5.74) is 3.37. The number of hydrogen-bond donors (Lipinski definition) is 1. The maximum absolute atomic E-state index is 15.5. The molecular weight excluding hydrogens is 949 g/mol. The van der Waals surface area contributed by atoms with E-state index in [9.17, 15) is 5.11 Å². The van der Waals surface area contributed by atoms with Gasteiger partial charge in [-0.15, -0.1) is 68.0 Å². The van der Waals surface area contributed by atoms with Crippen LogP contribution >= 0.6 is 68.0 Å². The van der Waals surface area contributed by atoms with Crippen LogP contribution < -0.4 is 0 Å². The van der Waals surface area contributed by atoms with E-state index < -0.39 is 6.23 Å². The molecule has 10 heteroatoms. The number of unbranched alkanes of at least 4 members (excludes halogenated alkanes) is 8. The minimum atomic E-state index is -0.905. The maximum atomic E-state index is 15.5. The molecule has 0 bridgehead atoms. The van der Waals surface area contributed by atoms with Gasteiger partial charge in [0.15, 0.2) is 6.23 Å². The van der Waals surface area contributed by atoms with E-state index in [1.165, 1.54) is 113 Å². The maximum Gasteiger partial charge on any atom is 0.261 e. The number of nitrogens with zero attached hydrogens (tertiary/aromatic N) is 2. The van der Waals surface area contributed by atoms with Crippen molar-refractivity contribution in [3.05, 3.63) is 103 Å². The largest absolute Gasteiger partial charge is 0.369 e. The van der Waals surface area contributed by atoms with Crippen LogP contribution in [0.15, 0.2) is 83.9 Å². The van der Waals surface area contributed by atoms with Crippen LogP contribution in [-0.2, 0) is 17.6 Å². The number of aliphatic hydroxyl groups is 1. The van der Waals surface area contributed by atoms with Crippen molar-refractivity contribution in [3.63, 3.8) is 0 Å².